The van der Waals surface area contributed by atoms with Gasteiger partial charge in [0.1, 0.15) is 5.69 Å². The number of nitrogens with zero attached hydrogens (tertiary/aromatic N) is 1. The van der Waals surface area contributed by atoms with Gasteiger partial charge in [0, 0.05) is 24.5 Å². The standard InChI is InChI=1S/C20H22N2O3/c1-13-15-7-5-6-8-16(15)22(2)19(13)20(23)21-12-14-9-10-17(24-3)18(11-14)25-4/h5-11H,12H2,1-4H3,(H,21,23). The number of ether oxygens (including phenoxy) is 2. The fourth-order valence-electron chi connectivity index (χ4n) is 3.16. The molecule has 0 bridgehead atoms. The molecule has 1 amide bonds. The second-order valence-corrected chi connectivity index (χ2v) is 5.92. The van der Waals surface area contributed by atoms with Crippen LogP contribution in [0.15, 0.2) is 42.5 Å². The number of nitrogens with one attached hydrogen (secondary N) is 1. The number of carbonyl (C=O) groups is 1. The molecule has 3 aromatic rings. The molecule has 2 aromatic carbocycles. The summed E-state index contributed by atoms with van der Waals surface area (Å²) >= 11 is 0. The van der Waals surface area contributed by atoms with Crippen molar-refractivity contribution in [1.82, 2.24) is 9.88 Å². The van der Waals surface area contributed by atoms with E-state index in [-0.39, 0.29) is 5.91 Å². The van der Waals surface area contributed by atoms with Gasteiger partial charge in [-0.15, -0.1) is 0 Å². The van der Waals surface area contributed by atoms with Crippen molar-refractivity contribution >= 4 is 16.8 Å². The Morgan fingerprint density at radius 2 is 1.80 bits per heavy atom. The van der Waals surface area contributed by atoms with Crippen LogP contribution in [-0.2, 0) is 13.6 Å². The van der Waals surface area contributed by atoms with Crippen molar-refractivity contribution < 1.29 is 14.3 Å². The second kappa shape index (κ2) is 6.89. The summed E-state index contributed by atoms with van der Waals surface area (Å²) < 4.78 is 12.5. The van der Waals surface area contributed by atoms with Crippen LogP contribution in [-0.4, -0.2) is 24.7 Å². The number of hydrogen-bond acceptors (Lipinski definition) is 3. The van der Waals surface area contributed by atoms with E-state index in [0.717, 1.165) is 22.0 Å². The molecule has 0 aliphatic carbocycles. The number of fused-ring (bicyclic) bond motifs is 1. The van der Waals surface area contributed by atoms with E-state index in [9.17, 15) is 4.79 Å². The summed E-state index contributed by atoms with van der Waals surface area (Å²) in [6.07, 6.45) is 0. The average molecular weight is 338 g/mol. The van der Waals surface area contributed by atoms with Crippen molar-refractivity contribution in [3.8, 4) is 11.5 Å². The zero-order valence-electron chi connectivity index (χ0n) is 14.9. The van der Waals surface area contributed by atoms with Gasteiger partial charge in [0.2, 0.25) is 0 Å². The molecule has 0 atom stereocenters. The summed E-state index contributed by atoms with van der Waals surface area (Å²) in [5.74, 6) is 1.23. The lowest BCUT2D eigenvalue weighted by Gasteiger charge is -2.11. The van der Waals surface area contributed by atoms with Crippen LogP contribution in [0.3, 0.4) is 0 Å². The summed E-state index contributed by atoms with van der Waals surface area (Å²) in [6.45, 7) is 2.40. The van der Waals surface area contributed by atoms with Crippen molar-refractivity contribution in [3.05, 3.63) is 59.3 Å². The minimum Gasteiger partial charge on any atom is -0.493 e. The Morgan fingerprint density at radius 3 is 2.48 bits per heavy atom. The molecule has 5 nitrogen and oxygen atoms in total. The zero-order chi connectivity index (χ0) is 18.0. The van der Waals surface area contributed by atoms with Crippen molar-refractivity contribution in [2.45, 2.75) is 13.5 Å². The summed E-state index contributed by atoms with van der Waals surface area (Å²) in [7, 11) is 5.11. The fraction of sp³-hybridized carbons (Fsp3) is 0.250. The van der Waals surface area contributed by atoms with Gasteiger partial charge in [-0.25, -0.2) is 0 Å². The van der Waals surface area contributed by atoms with Gasteiger partial charge in [0.25, 0.3) is 5.91 Å². The molecule has 25 heavy (non-hydrogen) atoms. The average Bonchev–Trinajstić information content (AvgIpc) is 2.90. The first-order chi connectivity index (χ1) is 12.1. The van der Waals surface area contributed by atoms with E-state index >= 15 is 0 Å². The van der Waals surface area contributed by atoms with Crippen molar-refractivity contribution in [2.75, 3.05) is 14.2 Å². The predicted molar refractivity (Wildman–Crippen MR) is 98.4 cm³/mol. The summed E-state index contributed by atoms with van der Waals surface area (Å²) in [6, 6.07) is 13.6. The third-order valence-corrected chi connectivity index (χ3v) is 4.48. The molecule has 0 spiro atoms. The first-order valence-electron chi connectivity index (χ1n) is 8.10. The lowest BCUT2D eigenvalue weighted by molar-refractivity contribution is 0.0942. The Labute approximate surface area is 147 Å². The number of amides is 1. The van der Waals surface area contributed by atoms with Crippen molar-refractivity contribution in [2.24, 2.45) is 7.05 Å². The lowest BCUT2D eigenvalue weighted by atomic mass is 10.1. The molecule has 5 heteroatoms. The van der Waals surface area contributed by atoms with E-state index in [4.69, 9.17) is 9.47 Å². The highest BCUT2D eigenvalue weighted by atomic mass is 16.5. The van der Waals surface area contributed by atoms with E-state index in [1.54, 1.807) is 14.2 Å². The summed E-state index contributed by atoms with van der Waals surface area (Å²) in [5.41, 5.74) is 3.67. The maximum absolute atomic E-state index is 12.7. The van der Waals surface area contributed by atoms with E-state index in [1.165, 1.54) is 0 Å². The van der Waals surface area contributed by atoms with Gasteiger partial charge in [-0.05, 0) is 36.2 Å². The highest BCUT2D eigenvalue weighted by Gasteiger charge is 2.17. The van der Waals surface area contributed by atoms with Crippen LogP contribution in [0.5, 0.6) is 11.5 Å². The SMILES string of the molecule is COc1ccc(CNC(=O)c2c(C)c3ccccc3n2C)cc1OC. The minimum absolute atomic E-state index is 0.0917. The number of rotatable bonds is 5. The van der Waals surface area contributed by atoms with Gasteiger partial charge < -0.3 is 19.4 Å². The van der Waals surface area contributed by atoms with Gasteiger partial charge in [0.15, 0.2) is 11.5 Å². The van der Waals surface area contributed by atoms with Crippen LogP contribution in [0, 0.1) is 6.92 Å². The van der Waals surface area contributed by atoms with Crippen LogP contribution in [0.25, 0.3) is 10.9 Å². The molecule has 1 heterocycles. The number of para-hydroxylation sites is 1. The molecule has 0 aliphatic heterocycles. The van der Waals surface area contributed by atoms with Crippen molar-refractivity contribution in [3.63, 3.8) is 0 Å². The first-order valence-corrected chi connectivity index (χ1v) is 8.10. The number of hydrogen-bond donors (Lipinski definition) is 1. The van der Waals surface area contributed by atoms with Crippen LogP contribution < -0.4 is 14.8 Å². The molecule has 1 N–H and O–H groups in total. The molecule has 0 unspecified atom stereocenters. The number of aromatic nitrogens is 1. The smallest absolute Gasteiger partial charge is 0.268 e. The van der Waals surface area contributed by atoms with Gasteiger partial charge in [-0.2, -0.15) is 0 Å². The Hall–Kier alpha value is -2.95. The number of benzene rings is 2. The van der Waals surface area contributed by atoms with Crippen LogP contribution in [0.1, 0.15) is 21.6 Å². The van der Waals surface area contributed by atoms with Gasteiger partial charge in [0.05, 0.1) is 14.2 Å². The fourth-order valence-corrected chi connectivity index (χ4v) is 3.16. The summed E-state index contributed by atoms with van der Waals surface area (Å²) in [5, 5.41) is 4.09. The Balaban J connectivity index is 1.82. The monoisotopic (exact) mass is 338 g/mol. The van der Waals surface area contributed by atoms with E-state index in [1.807, 2.05) is 61.0 Å². The first kappa shape index (κ1) is 16.9. The molecular formula is C20H22N2O3. The molecule has 0 saturated heterocycles. The third-order valence-electron chi connectivity index (χ3n) is 4.48. The Bertz CT molecular complexity index is 889. The molecule has 0 aliphatic rings. The third kappa shape index (κ3) is 3.05. The summed E-state index contributed by atoms with van der Waals surface area (Å²) in [4.78, 5) is 12.7. The number of aryl methyl sites for hydroxylation is 2. The quantitative estimate of drug-likeness (QED) is 0.775. The number of methoxy groups -OCH3 is 2. The predicted octanol–water partition coefficient (Wildman–Crippen LogP) is 3.43. The van der Waals surface area contributed by atoms with Gasteiger partial charge in [-0.3, -0.25) is 4.79 Å². The van der Waals surface area contributed by atoms with E-state index < -0.39 is 0 Å². The molecule has 0 fully saturated rings. The van der Waals surface area contributed by atoms with Crippen LogP contribution in [0.2, 0.25) is 0 Å². The lowest BCUT2D eigenvalue weighted by Crippen LogP contribution is -2.25. The van der Waals surface area contributed by atoms with E-state index in [2.05, 4.69) is 5.32 Å². The molecule has 1 aromatic heterocycles. The Kier molecular flexibility index (Phi) is 4.65. The topological polar surface area (TPSA) is 52.5 Å². The normalized spacial score (nSPS) is 10.7. The molecule has 130 valence electrons. The molecule has 3 rings (SSSR count). The highest BCUT2D eigenvalue weighted by Crippen LogP contribution is 2.28. The molecular weight excluding hydrogens is 316 g/mol. The molecule has 0 saturated carbocycles. The van der Waals surface area contributed by atoms with Crippen LogP contribution >= 0.6 is 0 Å². The zero-order valence-corrected chi connectivity index (χ0v) is 14.9. The van der Waals surface area contributed by atoms with Gasteiger partial charge >= 0.3 is 0 Å². The van der Waals surface area contributed by atoms with E-state index in [0.29, 0.717) is 23.7 Å². The maximum atomic E-state index is 12.7. The van der Waals surface area contributed by atoms with Crippen LogP contribution in [0.4, 0.5) is 0 Å². The second-order valence-electron chi connectivity index (χ2n) is 5.92. The number of carbonyl (C=O) groups excluding carboxylic acids is 1. The van der Waals surface area contributed by atoms with Crippen molar-refractivity contribution in [1.29, 1.82) is 0 Å². The Morgan fingerprint density at radius 1 is 1.08 bits per heavy atom. The van der Waals surface area contributed by atoms with Gasteiger partial charge in [-0.1, -0.05) is 24.3 Å². The highest BCUT2D eigenvalue weighted by molar-refractivity contribution is 6.01. The largest absolute Gasteiger partial charge is 0.493 e. The minimum atomic E-state index is -0.0917. The maximum Gasteiger partial charge on any atom is 0.268 e. The molecule has 0 radical (unpaired) electrons.